The summed E-state index contributed by atoms with van der Waals surface area (Å²) in [5, 5.41) is 3.20. The summed E-state index contributed by atoms with van der Waals surface area (Å²) in [4.78, 5) is 6.83. The van der Waals surface area contributed by atoms with Crippen LogP contribution in [0.1, 0.15) is 58.3 Å². The molecule has 0 aliphatic heterocycles. The Balaban J connectivity index is 0.00000484. The maximum atomic E-state index is 5.96. The number of hydrogen-bond acceptors (Lipinski definition) is 3. The fourth-order valence-electron chi connectivity index (χ4n) is 2.54. The average Bonchev–Trinajstić information content (AvgIpc) is 3.05. The summed E-state index contributed by atoms with van der Waals surface area (Å²) in [6, 6.07) is 4.07. The van der Waals surface area contributed by atoms with Gasteiger partial charge in [-0.1, -0.05) is 40.0 Å². The molecule has 1 aromatic rings. The Bertz CT molecular complexity index is 405. The van der Waals surface area contributed by atoms with Gasteiger partial charge in [-0.2, -0.15) is 0 Å². The highest BCUT2D eigenvalue weighted by atomic mass is 127. The lowest BCUT2D eigenvalue weighted by Crippen LogP contribution is -2.35. The molecule has 1 atom stereocenters. The number of guanidine groups is 1. The molecule has 1 unspecified atom stereocenters. The van der Waals surface area contributed by atoms with Gasteiger partial charge < -0.3 is 15.5 Å². The molecule has 0 bridgehead atoms. The topological polar surface area (TPSA) is 66.8 Å². The van der Waals surface area contributed by atoms with Crippen molar-refractivity contribution in [1.29, 1.82) is 0 Å². The average molecular weight is 436 g/mol. The second-order valence-electron chi connectivity index (χ2n) is 5.47. The van der Waals surface area contributed by atoms with E-state index in [1.165, 1.54) is 19.3 Å². The molecule has 0 aromatic carbocycles. The van der Waals surface area contributed by atoms with Crippen LogP contribution >= 0.6 is 24.0 Å². The Hall–Kier alpha value is -0.760. The zero-order valence-electron chi connectivity index (χ0n) is 14.8. The molecular weight excluding hydrogens is 403 g/mol. The molecule has 0 amide bonds. The van der Waals surface area contributed by atoms with Gasteiger partial charge in [0, 0.05) is 6.54 Å². The summed E-state index contributed by atoms with van der Waals surface area (Å²) >= 11 is 0. The molecule has 1 heterocycles. The molecule has 0 fully saturated rings. The van der Waals surface area contributed by atoms with Crippen LogP contribution in [0.5, 0.6) is 0 Å². The van der Waals surface area contributed by atoms with Crippen LogP contribution in [0.15, 0.2) is 27.8 Å². The van der Waals surface area contributed by atoms with E-state index in [0.717, 1.165) is 31.8 Å². The summed E-state index contributed by atoms with van der Waals surface area (Å²) in [7, 11) is 0. The highest BCUT2D eigenvalue weighted by Gasteiger charge is 2.20. The fourth-order valence-corrected chi connectivity index (χ4v) is 2.54. The molecule has 6 heteroatoms. The zero-order chi connectivity index (χ0) is 16.2. The predicted molar refractivity (Wildman–Crippen MR) is 108 cm³/mol. The highest BCUT2D eigenvalue weighted by molar-refractivity contribution is 14.0. The van der Waals surface area contributed by atoms with Gasteiger partial charge in [0.05, 0.1) is 18.8 Å². The van der Waals surface area contributed by atoms with Crippen molar-refractivity contribution < 1.29 is 4.42 Å². The summed E-state index contributed by atoms with van der Waals surface area (Å²) in [5.41, 5.74) is 5.96. The van der Waals surface area contributed by atoms with Gasteiger partial charge in [-0.15, -0.1) is 24.0 Å². The van der Waals surface area contributed by atoms with Gasteiger partial charge in [-0.05, 0) is 31.6 Å². The number of unbranched alkanes of at least 4 members (excludes halogenated alkanes) is 3. The first-order chi connectivity index (χ1) is 10.7. The molecule has 1 rings (SSSR count). The van der Waals surface area contributed by atoms with Crippen molar-refractivity contribution in [3.8, 4) is 0 Å². The summed E-state index contributed by atoms with van der Waals surface area (Å²) in [5.74, 6) is 1.48. The van der Waals surface area contributed by atoms with E-state index >= 15 is 0 Å². The van der Waals surface area contributed by atoms with E-state index in [1.54, 1.807) is 6.26 Å². The van der Waals surface area contributed by atoms with Crippen molar-refractivity contribution in [3.63, 3.8) is 0 Å². The molecule has 1 aromatic heterocycles. The maximum absolute atomic E-state index is 5.96. The minimum Gasteiger partial charge on any atom is -0.468 e. The van der Waals surface area contributed by atoms with E-state index in [-0.39, 0.29) is 30.0 Å². The molecular formula is C17H33IN4O. The van der Waals surface area contributed by atoms with Crippen molar-refractivity contribution in [2.24, 2.45) is 10.7 Å². The third-order valence-corrected chi connectivity index (χ3v) is 3.90. The normalized spacial score (nSPS) is 13.0. The molecule has 23 heavy (non-hydrogen) atoms. The Morgan fingerprint density at radius 3 is 2.57 bits per heavy atom. The summed E-state index contributed by atoms with van der Waals surface area (Å²) in [6.45, 7) is 9.95. The van der Waals surface area contributed by atoms with Crippen LogP contribution in [0.4, 0.5) is 0 Å². The number of halogens is 1. The van der Waals surface area contributed by atoms with Gasteiger partial charge in [0.2, 0.25) is 0 Å². The molecule has 0 saturated heterocycles. The molecule has 0 aliphatic carbocycles. The lowest BCUT2D eigenvalue weighted by Gasteiger charge is -2.26. The summed E-state index contributed by atoms with van der Waals surface area (Å²) in [6.07, 6.45) is 6.62. The van der Waals surface area contributed by atoms with Crippen LogP contribution in [0.2, 0.25) is 0 Å². The maximum Gasteiger partial charge on any atom is 0.188 e. The van der Waals surface area contributed by atoms with Gasteiger partial charge >= 0.3 is 0 Å². The second kappa shape index (κ2) is 13.7. The van der Waals surface area contributed by atoms with E-state index in [4.69, 9.17) is 10.2 Å². The molecule has 0 radical (unpaired) electrons. The van der Waals surface area contributed by atoms with E-state index in [0.29, 0.717) is 12.5 Å². The van der Waals surface area contributed by atoms with E-state index in [1.807, 2.05) is 12.1 Å². The Labute approximate surface area is 158 Å². The number of hydrogen-bond donors (Lipinski definition) is 2. The number of nitrogens with zero attached hydrogens (tertiary/aromatic N) is 2. The van der Waals surface area contributed by atoms with Crippen LogP contribution < -0.4 is 11.1 Å². The van der Waals surface area contributed by atoms with Crippen LogP contribution in [0.3, 0.4) is 0 Å². The molecule has 0 spiro atoms. The molecule has 134 valence electrons. The van der Waals surface area contributed by atoms with Crippen molar-refractivity contribution in [1.82, 2.24) is 10.2 Å². The number of furan rings is 1. The van der Waals surface area contributed by atoms with E-state index in [9.17, 15) is 0 Å². The number of nitrogens with one attached hydrogen (secondary N) is 1. The lowest BCUT2D eigenvalue weighted by molar-refractivity contribution is 0.198. The highest BCUT2D eigenvalue weighted by Crippen LogP contribution is 2.21. The fraction of sp³-hybridized carbons (Fsp3) is 0.706. The molecule has 0 aliphatic rings. The number of aliphatic imine (C=N–C) groups is 1. The number of nitrogens with two attached hydrogens (primary N) is 1. The van der Waals surface area contributed by atoms with Crippen molar-refractivity contribution in [2.45, 2.75) is 52.5 Å². The molecule has 3 N–H and O–H groups in total. The third-order valence-electron chi connectivity index (χ3n) is 3.90. The Morgan fingerprint density at radius 2 is 2.00 bits per heavy atom. The molecule has 0 saturated carbocycles. The van der Waals surface area contributed by atoms with Gasteiger partial charge in [0.15, 0.2) is 5.96 Å². The SMILES string of the molecule is CCCCCCNC(N)=NCC(c1ccco1)N(CC)CC.I. The van der Waals surface area contributed by atoms with Crippen molar-refractivity contribution in [3.05, 3.63) is 24.2 Å². The monoisotopic (exact) mass is 436 g/mol. The minimum absolute atomic E-state index is 0. The van der Waals surface area contributed by atoms with Crippen LogP contribution in [-0.4, -0.2) is 37.0 Å². The first-order valence-electron chi connectivity index (χ1n) is 8.54. The first-order valence-corrected chi connectivity index (χ1v) is 8.54. The second-order valence-corrected chi connectivity index (χ2v) is 5.47. The van der Waals surface area contributed by atoms with Crippen molar-refractivity contribution >= 4 is 29.9 Å². The van der Waals surface area contributed by atoms with E-state index in [2.05, 4.69) is 36.0 Å². The Morgan fingerprint density at radius 1 is 1.26 bits per heavy atom. The quantitative estimate of drug-likeness (QED) is 0.240. The predicted octanol–water partition coefficient (Wildman–Crippen LogP) is 3.77. The van der Waals surface area contributed by atoms with Gasteiger partial charge in [-0.3, -0.25) is 9.89 Å². The number of likely N-dealkylation sites (N-methyl/N-ethyl adjacent to an activating group) is 1. The zero-order valence-corrected chi connectivity index (χ0v) is 17.1. The largest absolute Gasteiger partial charge is 0.468 e. The van der Waals surface area contributed by atoms with Crippen LogP contribution in [0, 0.1) is 0 Å². The van der Waals surface area contributed by atoms with Gasteiger partial charge in [0.25, 0.3) is 0 Å². The first kappa shape index (κ1) is 22.2. The van der Waals surface area contributed by atoms with Gasteiger partial charge in [-0.25, -0.2) is 0 Å². The smallest absolute Gasteiger partial charge is 0.188 e. The summed E-state index contributed by atoms with van der Waals surface area (Å²) < 4.78 is 5.57. The molecule has 5 nitrogen and oxygen atoms in total. The standard InChI is InChI=1S/C17H32N4O.HI/c1-4-7-8-9-12-19-17(18)20-14-15(21(5-2)6-3)16-11-10-13-22-16;/h10-11,13,15H,4-9,12,14H2,1-3H3,(H3,18,19,20);1H. The Kier molecular flexibility index (Phi) is 13.2. The van der Waals surface area contributed by atoms with Crippen LogP contribution in [0.25, 0.3) is 0 Å². The lowest BCUT2D eigenvalue weighted by atomic mass is 10.2. The van der Waals surface area contributed by atoms with E-state index < -0.39 is 0 Å². The van der Waals surface area contributed by atoms with Crippen LogP contribution in [-0.2, 0) is 0 Å². The van der Waals surface area contributed by atoms with Gasteiger partial charge in [0.1, 0.15) is 5.76 Å². The van der Waals surface area contributed by atoms with Crippen molar-refractivity contribution in [2.75, 3.05) is 26.2 Å². The number of rotatable bonds is 11. The minimum atomic E-state index is 0. The third kappa shape index (κ3) is 8.60.